The van der Waals surface area contributed by atoms with Crippen LogP contribution in [0.1, 0.15) is 43.8 Å². The first kappa shape index (κ1) is 11.1. The highest BCUT2D eigenvalue weighted by Gasteiger charge is 2.39. The van der Waals surface area contributed by atoms with E-state index < -0.39 is 0 Å². The van der Waals surface area contributed by atoms with Crippen LogP contribution in [0.4, 0.5) is 0 Å². The van der Waals surface area contributed by atoms with E-state index in [2.05, 4.69) is 31.5 Å². The first-order valence-corrected chi connectivity index (χ1v) is 6.51. The van der Waals surface area contributed by atoms with Crippen LogP contribution in [0.25, 0.3) is 0 Å². The predicted molar refractivity (Wildman–Crippen MR) is 65.6 cm³/mol. The van der Waals surface area contributed by atoms with Gasteiger partial charge in [-0.2, -0.15) is 0 Å². The minimum Gasteiger partial charge on any atom is -0.319 e. The molecule has 1 heterocycles. The molecule has 1 aromatic heterocycles. The van der Waals surface area contributed by atoms with Crippen LogP contribution < -0.4 is 5.32 Å². The fourth-order valence-electron chi connectivity index (χ4n) is 1.90. The van der Waals surface area contributed by atoms with E-state index in [1.165, 1.54) is 17.1 Å². The molecule has 0 spiro atoms. The van der Waals surface area contributed by atoms with Crippen LogP contribution in [0.2, 0.25) is 0 Å². The SMILES string of the molecule is CNCC1CC1c1csc(C(C)(C)C)n1. The Hall–Kier alpha value is -0.410. The molecule has 2 atom stereocenters. The zero-order valence-corrected chi connectivity index (χ0v) is 10.8. The second-order valence-electron chi connectivity index (χ2n) is 5.49. The molecule has 1 aliphatic rings. The highest BCUT2D eigenvalue weighted by molar-refractivity contribution is 7.09. The molecule has 1 aromatic rings. The molecule has 0 amide bonds. The van der Waals surface area contributed by atoms with Crippen LogP contribution >= 0.6 is 11.3 Å². The molecule has 1 aliphatic carbocycles. The van der Waals surface area contributed by atoms with Gasteiger partial charge in [0.2, 0.25) is 0 Å². The molecule has 3 heteroatoms. The molecule has 1 fully saturated rings. The lowest BCUT2D eigenvalue weighted by Crippen LogP contribution is -2.11. The third-order valence-electron chi connectivity index (χ3n) is 2.93. The van der Waals surface area contributed by atoms with Crippen molar-refractivity contribution in [3.63, 3.8) is 0 Å². The highest BCUT2D eigenvalue weighted by atomic mass is 32.1. The van der Waals surface area contributed by atoms with E-state index >= 15 is 0 Å². The minimum absolute atomic E-state index is 0.205. The Kier molecular flexibility index (Phi) is 2.86. The number of hydrogen-bond donors (Lipinski definition) is 1. The summed E-state index contributed by atoms with van der Waals surface area (Å²) in [6.07, 6.45) is 1.31. The Morgan fingerprint density at radius 2 is 2.27 bits per heavy atom. The van der Waals surface area contributed by atoms with E-state index in [0.29, 0.717) is 0 Å². The van der Waals surface area contributed by atoms with Gasteiger partial charge in [0.15, 0.2) is 0 Å². The van der Waals surface area contributed by atoms with Gasteiger partial charge < -0.3 is 5.32 Å². The Balaban J connectivity index is 2.03. The van der Waals surface area contributed by atoms with E-state index in [1.807, 2.05) is 18.4 Å². The van der Waals surface area contributed by atoms with Crippen molar-refractivity contribution in [1.82, 2.24) is 10.3 Å². The van der Waals surface area contributed by atoms with Crippen molar-refractivity contribution in [2.24, 2.45) is 5.92 Å². The normalized spacial score (nSPS) is 25.6. The van der Waals surface area contributed by atoms with E-state index in [0.717, 1.165) is 18.4 Å². The van der Waals surface area contributed by atoms with Crippen molar-refractivity contribution in [1.29, 1.82) is 0 Å². The first-order chi connectivity index (χ1) is 7.02. The fraction of sp³-hybridized carbons (Fsp3) is 0.750. The van der Waals surface area contributed by atoms with Crippen molar-refractivity contribution in [3.05, 3.63) is 16.1 Å². The van der Waals surface area contributed by atoms with E-state index in [1.54, 1.807) is 0 Å². The van der Waals surface area contributed by atoms with Crippen LogP contribution in [0, 0.1) is 5.92 Å². The molecular weight excluding hydrogens is 204 g/mol. The number of hydrogen-bond acceptors (Lipinski definition) is 3. The molecule has 2 nitrogen and oxygen atoms in total. The van der Waals surface area contributed by atoms with Gasteiger partial charge in [-0.15, -0.1) is 11.3 Å². The molecule has 2 unspecified atom stereocenters. The molecule has 0 aliphatic heterocycles. The molecule has 84 valence electrons. The highest BCUT2D eigenvalue weighted by Crippen LogP contribution is 2.47. The summed E-state index contributed by atoms with van der Waals surface area (Å²) in [5, 5.41) is 6.76. The monoisotopic (exact) mass is 224 g/mol. The third-order valence-corrected chi connectivity index (χ3v) is 4.22. The molecule has 1 saturated carbocycles. The fourth-order valence-corrected chi connectivity index (χ4v) is 2.87. The Labute approximate surface area is 96.1 Å². The molecular formula is C12H20N2S. The van der Waals surface area contributed by atoms with Gasteiger partial charge in [0, 0.05) is 16.7 Å². The van der Waals surface area contributed by atoms with Gasteiger partial charge >= 0.3 is 0 Å². The van der Waals surface area contributed by atoms with Crippen molar-refractivity contribution in [3.8, 4) is 0 Å². The Morgan fingerprint density at radius 3 is 2.80 bits per heavy atom. The maximum absolute atomic E-state index is 4.77. The number of thiazole rings is 1. The summed E-state index contributed by atoms with van der Waals surface area (Å²) in [7, 11) is 2.02. The second kappa shape index (κ2) is 3.87. The summed E-state index contributed by atoms with van der Waals surface area (Å²) >= 11 is 1.81. The molecule has 1 N–H and O–H groups in total. The smallest absolute Gasteiger partial charge is 0.0981 e. The molecule has 0 bridgehead atoms. The van der Waals surface area contributed by atoms with E-state index in [4.69, 9.17) is 4.98 Å². The largest absolute Gasteiger partial charge is 0.319 e. The van der Waals surface area contributed by atoms with Crippen molar-refractivity contribution >= 4 is 11.3 Å². The van der Waals surface area contributed by atoms with E-state index in [9.17, 15) is 0 Å². The third kappa shape index (κ3) is 2.40. The standard InChI is InChI=1S/C12H20N2S/c1-12(2,3)11-14-10(7-15-11)9-5-8(9)6-13-4/h7-9,13H,5-6H2,1-4H3. The van der Waals surface area contributed by atoms with Crippen LogP contribution in [0.5, 0.6) is 0 Å². The number of nitrogens with zero attached hydrogens (tertiary/aromatic N) is 1. The van der Waals surface area contributed by atoms with Crippen LogP contribution in [0.3, 0.4) is 0 Å². The Bertz CT molecular complexity index is 338. The molecule has 0 aromatic carbocycles. The molecule has 0 radical (unpaired) electrons. The molecule has 0 saturated heterocycles. The maximum Gasteiger partial charge on any atom is 0.0981 e. The summed E-state index contributed by atoms with van der Waals surface area (Å²) in [6.45, 7) is 7.82. The van der Waals surface area contributed by atoms with Gasteiger partial charge in [-0.25, -0.2) is 4.98 Å². The average Bonchev–Trinajstić information content (AvgIpc) is 2.73. The van der Waals surface area contributed by atoms with Gasteiger partial charge in [0.25, 0.3) is 0 Å². The second-order valence-corrected chi connectivity index (χ2v) is 6.35. The summed E-state index contributed by atoms with van der Waals surface area (Å²) in [5.41, 5.74) is 1.53. The lowest BCUT2D eigenvalue weighted by atomic mass is 9.98. The van der Waals surface area contributed by atoms with E-state index in [-0.39, 0.29) is 5.41 Å². The molecule has 2 rings (SSSR count). The van der Waals surface area contributed by atoms with Crippen molar-refractivity contribution in [2.75, 3.05) is 13.6 Å². The summed E-state index contributed by atoms with van der Waals surface area (Å²) < 4.78 is 0. The first-order valence-electron chi connectivity index (χ1n) is 5.63. The quantitative estimate of drug-likeness (QED) is 0.854. The minimum atomic E-state index is 0.205. The van der Waals surface area contributed by atoms with Gasteiger partial charge in [-0.3, -0.25) is 0 Å². The predicted octanol–water partition coefficient (Wildman–Crippen LogP) is 2.76. The lowest BCUT2D eigenvalue weighted by molar-refractivity contribution is 0.582. The summed E-state index contributed by atoms with van der Waals surface area (Å²) in [4.78, 5) is 4.77. The van der Waals surface area contributed by atoms with Gasteiger partial charge in [-0.05, 0) is 25.9 Å². The summed E-state index contributed by atoms with van der Waals surface area (Å²) in [5.74, 6) is 1.55. The lowest BCUT2D eigenvalue weighted by Gasteiger charge is -2.13. The zero-order valence-electron chi connectivity index (χ0n) is 10.0. The van der Waals surface area contributed by atoms with Crippen LogP contribution in [0.15, 0.2) is 5.38 Å². The van der Waals surface area contributed by atoms with Gasteiger partial charge in [-0.1, -0.05) is 20.8 Å². The number of aromatic nitrogens is 1. The van der Waals surface area contributed by atoms with Crippen LogP contribution in [-0.4, -0.2) is 18.6 Å². The Morgan fingerprint density at radius 1 is 1.53 bits per heavy atom. The zero-order chi connectivity index (χ0) is 11.1. The van der Waals surface area contributed by atoms with Crippen LogP contribution in [-0.2, 0) is 5.41 Å². The number of rotatable bonds is 3. The van der Waals surface area contributed by atoms with Gasteiger partial charge in [0.1, 0.15) is 0 Å². The number of nitrogens with one attached hydrogen (secondary N) is 1. The van der Waals surface area contributed by atoms with Crippen molar-refractivity contribution < 1.29 is 0 Å². The summed E-state index contributed by atoms with van der Waals surface area (Å²) in [6, 6.07) is 0. The van der Waals surface area contributed by atoms with Crippen molar-refractivity contribution in [2.45, 2.75) is 38.5 Å². The molecule has 15 heavy (non-hydrogen) atoms. The van der Waals surface area contributed by atoms with Gasteiger partial charge in [0.05, 0.1) is 10.7 Å². The topological polar surface area (TPSA) is 24.9 Å². The average molecular weight is 224 g/mol. The maximum atomic E-state index is 4.77.